The van der Waals surface area contributed by atoms with Gasteiger partial charge in [0.1, 0.15) is 0 Å². The van der Waals surface area contributed by atoms with Gasteiger partial charge in [-0.3, -0.25) is 0 Å². The van der Waals surface area contributed by atoms with Gasteiger partial charge in [0.05, 0.1) is 16.9 Å². The third-order valence-electron chi connectivity index (χ3n) is 2.63. The zero-order chi connectivity index (χ0) is 12.1. The van der Waals surface area contributed by atoms with E-state index in [1.54, 1.807) is 0 Å². The molecule has 17 heavy (non-hydrogen) atoms. The van der Waals surface area contributed by atoms with Crippen molar-refractivity contribution < 1.29 is 0 Å². The lowest BCUT2D eigenvalue weighted by Crippen LogP contribution is -2.08. The van der Waals surface area contributed by atoms with Crippen molar-refractivity contribution in [2.75, 3.05) is 13.6 Å². The lowest BCUT2D eigenvalue weighted by atomic mass is 10.2. The first-order valence-corrected chi connectivity index (χ1v) is 6.12. The quantitative estimate of drug-likeness (QED) is 0.826. The minimum Gasteiger partial charge on any atom is -0.320 e. The Balaban J connectivity index is 2.10. The van der Waals surface area contributed by atoms with Crippen LogP contribution in [-0.2, 0) is 6.42 Å². The van der Waals surface area contributed by atoms with Crippen LogP contribution in [0.5, 0.6) is 0 Å². The van der Waals surface area contributed by atoms with E-state index in [4.69, 9.17) is 11.6 Å². The van der Waals surface area contributed by atoms with Gasteiger partial charge in [0.15, 0.2) is 0 Å². The summed E-state index contributed by atoms with van der Waals surface area (Å²) in [6, 6.07) is 7.72. The summed E-state index contributed by atoms with van der Waals surface area (Å²) < 4.78 is 1.83. The fourth-order valence-corrected chi connectivity index (χ4v) is 1.95. The summed E-state index contributed by atoms with van der Waals surface area (Å²) in [6.45, 7) is 1.03. The number of halogens is 1. The second-order valence-electron chi connectivity index (χ2n) is 3.95. The molecular weight excluding hydrogens is 234 g/mol. The molecule has 0 atom stereocenters. The number of nitrogens with zero attached hydrogens (tertiary/aromatic N) is 2. The number of para-hydroxylation sites is 1. The fraction of sp³-hybridized carbons (Fsp3) is 0.308. The summed E-state index contributed by atoms with van der Waals surface area (Å²) in [5.41, 5.74) is 2.16. The fourth-order valence-electron chi connectivity index (χ4n) is 1.73. The molecule has 0 amide bonds. The number of rotatable bonds is 5. The molecule has 0 aliphatic heterocycles. The number of benzene rings is 1. The summed E-state index contributed by atoms with van der Waals surface area (Å²) in [4.78, 5) is 0. The average molecular weight is 250 g/mol. The average Bonchev–Trinajstić information content (AvgIpc) is 2.79. The lowest BCUT2D eigenvalue weighted by molar-refractivity contribution is 0.724. The molecule has 1 N–H and O–H groups in total. The molecule has 4 heteroatoms. The summed E-state index contributed by atoms with van der Waals surface area (Å²) in [5.74, 6) is 0. The second-order valence-corrected chi connectivity index (χ2v) is 4.36. The molecule has 0 unspecified atom stereocenters. The van der Waals surface area contributed by atoms with Crippen LogP contribution in [0.3, 0.4) is 0 Å². The Kier molecular flexibility index (Phi) is 4.18. The molecule has 0 saturated carbocycles. The largest absolute Gasteiger partial charge is 0.320 e. The van der Waals surface area contributed by atoms with Gasteiger partial charge in [0.2, 0.25) is 0 Å². The van der Waals surface area contributed by atoms with E-state index in [0.717, 1.165) is 30.1 Å². The molecule has 0 spiro atoms. The van der Waals surface area contributed by atoms with Crippen molar-refractivity contribution in [3.8, 4) is 5.69 Å². The smallest absolute Gasteiger partial charge is 0.0831 e. The number of hydrogen-bond acceptors (Lipinski definition) is 2. The highest BCUT2D eigenvalue weighted by Gasteiger charge is 2.03. The number of nitrogens with one attached hydrogen (secondary N) is 1. The van der Waals surface area contributed by atoms with E-state index >= 15 is 0 Å². The zero-order valence-electron chi connectivity index (χ0n) is 9.86. The van der Waals surface area contributed by atoms with Crippen molar-refractivity contribution in [3.63, 3.8) is 0 Å². The molecule has 0 aliphatic carbocycles. The zero-order valence-corrected chi connectivity index (χ0v) is 10.6. The minimum absolute atomic E-state index is 0.720. The van der Waals surface area contributed by atoms with Gasteiger partial charge in [-0.1, -0.05) is 23.7 Å². The molecular formula is C13H16ClN3. The maximum absolute atomic E-state index is 6.12. The van der Waals surface area contributed by atoms with Gasteiger partial charge in [0.25, 0.3) is 0 Å². The van der Waals surface area contributed by atoms with E-state index in [1.165, 1.54) is 5.56 Å². The van der Waals surface area contributed by atoms with Crippen molar-refractivity contribution >= 4 is 11.6 Å². The van der Waals surface area contributed by atoms with E-state index in [9.17, 15) is 0 Å². The Bertz CT molecular complexity index is 479. The Labute approximate surface area is 106 Å². The van der Waals surface area contributed by atoms with Crippen LogP contribution in [0.1, 0.15) is 12.0 Å². The maximum atomic E-state index is 6.12. The highest BCUT2D eigenvalue weighted by molar-refractivity contribution is 6.32. The lowest BCUT2D eigenvalue weighted by Gasteiger charge is -2.02. The van der Waals surface area contributed by atoms with E-state index in [-0.39, 0.29) is 0 Å². The Morgan fingerprint density at radius 2 is 2.18 bits per heavy atom. The van der Waals surface area contributed by atoms with Crippen LogP contribution in [0.2, 0.25) is 5.02 Å². The van der Waals surface area contributed by atoms with Gasteiger partial charge >= 0.3 is 0 Å². The normalized spacial score (nSPS) is 10.7. The Hall–Kier alpha value is -1.32. The number of aromatic nitrogens is 2. The predicted octanol–water partition coefficient (Wildman–Crippen LogP) is 2.68. The molecule has 1 aromatic carbocycles. The minimum atomic E-state index is 0.720. The van der Waals surface area contributed by atoms with Gasteiger partial charge in [-0.15, -0.1) is 0 Å². The van der Waals surface area contributed by atoms with Crippen molar-refractivity contribution in [2.24, 2.45) is 0 Å². The van der Waals surface area contributed by atoms with E-state index in [1.807, 2.05) is 48.4 Å². The van der Waals surface area contributed by atoms with E-state index < -0.39 is 0 Å². The predicted molar refractivity (Wildman–Crippen MR) is 70.8 cm³/mol. The topological polar surface area (TPSA) is 29.9 Å². The Morgan fingerprint density at radius 1 is 1.35 bits per heavy atom. The Morgan fingerprint density at radius 3 is 2.94 bits per heavy atom. The molecule has 3 nitrogen and oxygen atoms in total. The summed E-state index contributed by atoms with van der Waals surface area (Å²) in [6.07, 6.45) is 6.09. The van der Waals surface area contributed by atoms with Crippen LogP contribution < -0.4 is 5.32 Å². The third kappa shape index (κ3) is 3.08. The number of aryl methyl sites for hydroxylation is 1. The SMILES string of the molecule is CNCCCc1cnn(-c2ccccc2Cl)c1. The van der Waals surface area contributed by atoms with Gasteiger partial charge in [-0.25, -0.2) is 4.68 Å². The van der Waals surface area contributed by atoms with Crippen LogP contribution in [-0.4, -0.2) is 23.4 Å². The summed E-state index contributed by atoms with van der Waals surface area (Å²) in [7, 11) is 1.97. The molecule has 2 aromatic rings. The number of hydrogen-bond donors (Lipinski definition) is 1. The molecule has 90 valence electrons. The van der Waals surface area contributed by atoms with Gasteiger partial charge in [-0.05, 0) is 44.1 Å². The molecule has 1 heterocycles. The highest BCUT2D eigenvalue weighted by atomic mass is 35.5. The maximum Gasteiger partial charge on any atom is 0.0831 e. The molecule has 2 rings (SSSR count). The second kappa shape index (κ2) is 5.84. The van der Waals surface area contributed by atoms with E-state index in [2.05, 4.69) is 10.4 Å². The third-order valence-corrected chi connectivity index (χ3v) is 2.95. The molecule has 0 aliphatic rings. The molecule has 0 fully saturated rings. The first kappa shape index (κ1) is 12.1. The first-order valence-electron chi connectivity index (χ1n) is 5.74. The molecule has 1 aromatic heterocycles. The van der Waals surface area contributed by atoms with Crippen LogP contribution in [0, 0.1) is 0 Å². The monoisotopic (exact) mass is 249 g/mol. The molecule has 0 radical (unpaired) electrons. The summed E-state index contributed by atoms with van der Waals surface area (Å²) in [5, 5.41) is 8.19. The van der Waals surface area contributed by atoms with Crippen LogP contribution in [0.25, 0.3) is 5.69 Å². The van der Waals surface area contributed by atoms with Crippen LogP contribution in [0.4, 0.5) is 0 Å². The molecule has 0 bridgehead atoms. The van der Waals surface area contributed by atoms with Crippen molar-refractivity contribution in [1.82, 2.24) is 15.1 Å². The van der Waals surface area contributed by atoms with E-state index in [0.29, 0.717) is 0 Å². The molecule has 0 saturated heterocycles. The van der Waals surface area contributed by atoms with Crippen molar-refractivity contribution in [3.05, 3.63) is 47.2 Å². The van der Waals surface area contributed by atoms with Gasteiger partial charge in [-0.2, -0.15) is 5.10 Å². The van der Waals surface area contributed by atoms with Crippen LogP contribution in [0.15, 0.2) is 36.7 Å². The van der Waals surface area contributed by atoms with Gasteiger partial charge in [0, 0.05) is 6.20 Å². The van der Waals surface area contributed by atoms with Crippen molar-refractivity contribution in [2.45, 2.75) is 12.8 Å². The standard InChI is InChI=1S/C13H16ClN3/c1-15-8-4-5-11-9-16-17(10-11)13-7-3-2-6-12(13)14/h2-3,6-7,9-10,15H,4-5,8H2,1H3. The van der Waals surface area contributed by atoms with Gasteiger partial charge < -0.3 is 5.32 Å². The van der Waals surface area contributed by atoms with Crippen molar-refractivity contribution in [1.29, 1.82) is 0 Å². The first-order chi connectivity index (χ1) is 8.31. The highest BCUT2D eigenvalue weighted by Crippen LogP contribution is 2.19. The summed E-state index contributed by atoms with van der Waals surface area (Å²) >= 11 is 6.12. The van der Waals surface area contributed by atoms with Crippen LogP contribution >= 0.6 is 11.6 Å².